The van der Waals surface area contributed by atoms with Gasteiger partial charge in [-0.15, -0.1) is 11.8 Å². The van der Waals surface area contributed by atoms with Crippen molar-refractivity contribution in [3.05, 3.63) is 29.8 Å². The molecule has 1 N–H and O–H groups in total. The molecule has 2 rings (SSSR count). The standard InChI is InChI=1S/C14H19NO2S/c1-18-13-5-3-2-4-12(13)14(16)15-8-6-11-7-9-17-10-11/h2-5,11H,6-10H2,1H3,(H,15,16). The molecule has 0 saturated carbocycles. The number of rotatable bonds is 5. The highest BCUT2D eigenvalue weighted by Gasteiger charge is 2.16. The molecule has 18 heavy (non-hydrogen) atoms. The number of hydrogen-bond acceptors (Lipinski definition) is 3. The molecule has 1 heterocycles. The molecule has 98 valence electrons. The first-order valence-electron chi connectivity index (χ1n) is 6.30. The highest BCUT2D eigenvalue weighted by molar-refractivity contribution is 7.98. The Kier molecular flexibility index (Phi) is 5.08. The number of nitrogens with one attached hydrogen (secondary N) is 1. The number of carbonyl (C=O) groups is 1. The highest BCUT2D eigenvalue weighted by Crippen LogP contribution is 2.20. The SMILES string of the molecule is CSc1ccccc1C(=O)NCCC1CCOC1. The number of hydrogen-bond donors (Lipinski definition) is 1. The van der Waals surface area contributed by atoms with Crippen LogP contribution in [0.25, 0.3) is 0 Å². The Morgan fingerprint density at radius 1 is 1.50 bits per heavy atom. The Labute approximate surface area is 112 Å². The summed E-state index contributed by atoms with van der Waals surface area (Å²) >= 11 is 1.60. The summed E-state index contributed by atoms with van der Waals surface area (Å²) in [5.41, 5.74) is 0.771. The van der Waals surface area contributed by atoms with Crippen LogP contribution in [0.15, 0.2) is 29.2 Å². The lowest BCUT2D eigenvalue weighted by atomic mass is 10.1. The zero-order chi connectivity index (χ0) is 12.8. The first kappa shape index (κ1) is 13.4. The molecule has 1 amide bonds. The van der Waals surface area contributed by atoms with Gasteiger partial charge >= 0.3 is 0 Å². The number of amides is 1. The molecule has 0 spiro atoms. The quantitative estimate of drug-likeness (QED) is 0.832. The third-order valence-corrected chi connectivity index (χ3v) is 4.01. The van der Waals surface area contributed by atoms with Gasteiger partial charge in [-0.2, -0.15) is 0 Å². The van der Waals surface area contributed by atoms with Crippen LogP contribution in [-0.4, -0.2) is 31.9 Å². The molecule has 1 saturated heterocycles. The van der Waals surface area contributed by atoms with Gasteiger partial charge in [0.25, 0.3) is 5.91 Å². The molecule has 0 aromatic heterocycles. The fraction of sp³-hybridized carbons (Fsp3) is 0.500. The van der Waals surface area contributed by atoms with Crippen LogP contribution in [0.3, 0.4) is 0 Å². The molecule has 1 fully saturated rings. The second-order valence-corrected chi connectivity index (χ2v) is 5.32. The van der Waals surface area contributed by atoms with Gasteiger partial charge in [-0.25, -0.2) is 0 Å². The molecular weight excluding hydrogens is 246 g/mol. The van der Waals surface area contributed by atoms with Gasteiger partial charge in [0.05, 0.1) is 5.56 Å². The lowest BCUT2D eigenvalue weighted by Crippen LogP contribution is -2.26. The Bertz CT molecular complexity index is 403. The summed E-state index contributed by atoms with van der Waals surface area (Å²) in [4.78, 5) is 13.1. The molecule has 0 bridgehead atoms. The number of ether oxygens (including phenoxy) is 1. The van der Waals surface area contributed by atoms with Crippen LogP contribution in [0.5, 0.6) is 0 Å². The molecule has 1 aliphatic rings. The summed E-state index contributed by atoms with van der Waals surface area (Å²) in [6.45, 7) is 2.45. The van der Waals surface area contributed by atoms with Crippen LogP contribution in [-0.2, 0) is 4.74 Å². The minimum atomic E-state index is 0.0267. The molecule has 0 radical (unpaired) electrons. The van der Waals surface area contributed by atoms with E-state index >= 15 is 0 Å². The molecule has 1 aromatic rings. The fourth-order valence-electron chi connectivity index (χ4n) is 2.13. The number of carbonyl (C=O) groups excluding carboxylic acids is 1. The van der Waals surface area contributed by atoms with Gasteiger partial charge in [-0.1, -0.05) is 12.1 Å². The summed E-state index contributed by atoms with van der Waals surface area (Å²) in [6, 6.07) is 7.71. The molecule has 0 aliphatic carbocycles. The Morgan fingerprint density at radius 2 is 2.33 bits per heavy atom. The molecular formula is C14H19NO2S. The second-order valence-electron chi connectivity index (χ2n) is 4.47. The van der Waals surface area contributed by atoms with E-state index in [1.807, 2.05) is 30.5 Å². The summed E-state index contributed by atoms with van der Waals surface area (Å²) in [6.07, 6.45) is 4.12. The second kappa shape index (κ2) is 6.81. The van der Waals surface area contributed by atoms with Crippen molar-refractivity contribution in [2.45, 2.75) is 17.7 Å². The Hall–Kier alpha value is -1.00. The van der Waals surface area contributed by atoms with Crippen LogP contribution in [0.2, 0.25) is 0 Å². The Morgan fingerprint density at radius 3 is 3.06 bits per heavy atom. The Balaban J connectivity index is 1.83. The van der Waals surface area contributed by atoms with Gasteiger partial charge in [0.2, 0.25) is 0 Å². The maximum Gasteiger partial charge on any atom is 0.252 e. The van der Waals surface area contributed by atoms with Crippen LogP contribution in [0.1, 0.15) is 23.2 Å². The maximum absolute atomic E-state index is 12.0. The van der Waals surface area contributed by atoms with E-state index in [4.69, 9.17) is 4.74 Å². The number of benzene rings is 1. The van der Waals surface area contributed by atoms with Crippen molar-refractivity contribution in [2.24, 2.45) is 5.92 Å². The van der Waals surface area contributed by atoms with Gasteiger partial charge in [-0.3, -0.25) is 4.79 Å². The van der Waals surface area contributed by atoms with Gasteiger partial charge in [-0.05, 0) is 37.1 Å². The predicted octanol–water partition coefficient (Wildman–Crippen LogP) is 2.56. The van der Waals surface area contributed by atoms with Crippen molar-refractivity contribution in [3.8, 4) is 0 Å². The van der Waals surface area contributed by atoms with Gasteiger partial charge in [0, 0.05) is 24.7 Å². The maximum atomic E-state index is 12.0. The molecule has 4 heteroatoms. The van der Waals surface area contributed by atoms with E-state index in [9.17, 15) is 4.79 Å². The largest absolute Gasteiger partial charge is 0.381 e. The molecule has 1 atom stereocenters. The topological polar surface area (TPSA) is 38.3 Å². The summed E-state index contributed by atoms with van der Waals surface area (Å²) in [7, 11) is 0. The van der Waals surface area contributed by atoms with Crippen molar-refractivity contribution >= 4 is 17.7 Å². The number of thioether (sulfide) groups is 1. The summed E-state index contributed by atoms with van der Waals surface area (Å²) in [5.74, 6) is 0.639. The zero-order valence-electron chi connectivity index (χ0n) is 10.6. The smallest absolute Gasteiger partial charge is 0.252 e. The minimum Gasteiger partial charge on any atom is -0.381 e. The van der Waals surface area contributed by atoms with E-state index < -0.39 is 0 Å². The van der Waals surface area contributed by atoms with Crippen molar-refractivity contribution < 1.29 is 9.53 Å². The minimum absolute atomic E-state index is 0.0267. The lowest BCUT2D eigenvalue weighted by Gasteiger charge is -2.10. The first-order chi connectivity index (χ1) is 8.81. The van der Waals surface area contributed by atoms with Crippen LogP contribution in [0.4, 0.5) is 0 Å². The third kappa shape index (κ3) is 3.50. The average Bonchev–Trinajstić information content (AvgIpc) is 2.91. The molecule has 1 aromatic carbocycles. The summed E-state index contributed by atoms with van der Waals surface area (Å²) < 4.78 is 5.32. The van der Waals surface area contributed by atoms with E-state index in [1.165, 1.54) is 0 Å². The third-order valence-electron chi connectivity index (χ3n) is 3.21. The molecule has 1 aliphatic heterocycles. The van der Waals surface area contributed by atoms with Crippen molar-refractivity contribution in [3.63, 3.8) is 0 Å². The summed E-state index contributed by atoms with van der Waals surface area (Å²) in [5, 5.41) is 2.99. The fourth-order valence-corrected chi connectivity index (χ4v) is 2.72. The van der Waals surface area contributed by atoms with Crippen LogP contribution < -0.4 is 5.32 Å². The normalized spacial score (nSPS) is 18.8. The van der Waals surface area contributed by atoms with Crippen LogP contribution >= 0.6 is 11.8 Å². The zero-order valence-corrected chi connectivity index (χ0v) is 11.5. The van der Waals surface area contributed by atoms with E-state index in [1.54, 1.807) is 11.8 Å². The van der Waals surface area contributed by atoms with E-state index in [0.29, 0.717) is 5.92 Å². The van der Waals surface area contributed by atoms with Crippen molar-refractivity contribution in [1.82, 2.24) is 5.32 Å². The van der Waals surface area contributed by atoms with Gasteiger partial charge in [0.15, 0.2) is 0 Å². The highest BCUT2D eigenvalue weighted by atomic mass is 32.2. The molecule has 1 unspecified atom stereocenters. The monoisotopic (exact) mass is 265 g/mol. The van der Waals surface area contributed by atoms with Gasteiger partial charge < -0.3 is 10.1 Å². The van der Waals surface area contributed by atoms with Crippen LogP contribution in [0, 0.1) is 5.92 Å². The van der Waals surface area contributed by atoms with Gasteiger partial charge in [0.1, 0.15) is 0 Å². The lowest BCUT2D eigenvalue weighted by molar-refractivity contribution is 0.0947. The van der Waals surface area contributed by atoms with Crippen molar-refractivity contribution in [2.75, 3.05) is 26.0 Å². The molecule has 3 nitrogen and oxygen atoms in total. The van der Waals surface area contributed by atoms with E-state index in [0.717, 1.165) is 43.1 Å². The van der Waals surface area contributed by atoms with E-state index in [-0.39, 0.29) is 5.91 Å². The first-order valence-corrected chi connectivity index (χ1v) is 7.52. The predicted molar refractivity (Wildman–Crippen MR) is 74.1 cm³/mol. The van der Waals surface area contributed by atoms with E-state index in [2.05, 4.69) is 5.32 Å². The van der Waals surface area contributed by atoms with Crippen molar-refractivity contribution in [1.29, 1.82) is 0 Å². The average molecular weight is 265 g/mol.